The van der Waals surface area contributed by atoms with Crippen LogP contribution in [0, 0.1) is 6.92 Å². The van der Waals surface area contributed by atoms with Crippen LogP contribution in [0.5, 0.6) is 11.6 Å². The molecule has 1 heterocycles. The van der Waals surface area contributed by atoms with Gasteiger partial charge < -0.3 is 4.74 Å². The molecule has 0 bridgehead atoms. The Bertz CT molecular complexity index is 675. The van der Waals surface area contributed by atoms with Gasteiger partial charge in [0.25, 0.3) is 0 Å². The van der Waals surface area contributed by atoms with Crippen LogP contribution >= 0.6 is 0 Å². The van der Waals surface area contributed by atoms with E-state index in [9.17, 15) is 0 Å². The van der Waals surface area contributed by atoms with Gasteiger partial charge in [-0.2, -0.15) is 0 Å². The van der Waals surface area contributed by atoms with Gasteiger partial charge in [0.05, 0.1) is 0 Å². The number of rotatable bonds is 2. The first-order chi connectivity index (χ1) is 11.8. The Kier molecular flexibility index (Phi) is 11.8. The summed E-state index contributed by atoms with van der Waals surface area (Å²) in [5, 5.41) is 2.38. The van der Waals surface area contributed by atoms with E-state index in [0.717, 1.165) is 11.3 Å². The van der Waals surface area contributed by atoms with Crippen LogP contribution in [0.3, 0.4) is 0 Å². The molecular weight excluding hydrogens is 294 g/mol. The van der Waals surface area contributed by atoms with Gasteiger partial charge in [0.1, 0.15) is 5.75 Å². The maximum atomic E-state index is 5.73. The first-order valence-electron chi connectivity index (χ1n) is 8.90. The minimum Gasteiger partial charge on any atom is -0.439 e. The number of aryl methyl sites for hydroxylation is 1. The van der Waals surface area contributed by atoms with Crippen molar-refractivity contribution in [1.82, 2.24) is 4.98 Å². The minimum atomic E-state index is 0.621. The second-order valence-electron chi connectivity index (χ2n) is 4.28. The molecule has 0 amide bonds. The van der Waals surface area contributed by atoms with Crippen molar-refractivity contribution in [3.63, 3.8) is 0 Å². The molecule has 2 heteroatoms. The predicted molar refractivity (Wildman–Crippen MR) is 107 cm³/mol. The normalized spacial score (nSPS) is 8.62. The van der Waals surface area contributed by atoms with Crippen LogP contribution in [-0.4, -0.2) is 4.98 Å². The van der Waals surface area contributed by atoms with E-state index in [0.29, 0.717) is 5.88 Å². The topological polar surface area (TPSA) is 22.1 Å². The van der Waals surface area contributed by atoms with E-state index in [1.54, 1.807) is 6.20 Å². The van der Waals surface area contributed by atoms with Gasteiger partial charge in [0.2, 0.25) is 5.88 Å². The fraction of sp³-hybridized carbons (Fsp3) is 0.318. The van der Waals surface area contributed by atoms with E-state index in [1.165, 1.54) is 10.8 Å². The lowest BCUT2D eigenvalue weighted by atomic mass is 10.1. The zero-order valence-corrected chi connectivity index (χ0v) is 16.1. The van der Waals surface area contributed by atoms with Crippen LogP contribution in [0.4, 0.5) is 0 Å². The van der Waals surface area contributed by atoms with Crippen molar-refractivity contribution in [2.45, 2.75) is 48.5 Å². The Hall–Kier alpha value is -2.35. The van der Waals surface area contributed by atoms with Crippen molar-refractivity contribution in [3.8, 4) is 11.6 Å². The van der Waals surface area contributed by atoms with Crippen molar-refractivity contribution >= 4 is 10.8 Å². The van der Waals surface area contributed by atoms with Gasteiger partial charge >= 0.3 is 0 Å². The number of fused-ring (bicyclic) bond motifs is 1. The molecule has 0 unspecified atom stereocenters. The van der Waals surface area contributed by atoms with Crippen molar-refractivity contribution < 1.29 is 4.74 Å². The largest absolute Gasteiger partial charge is 0.439 e. The van der Waals surface area contributed by atoms with Crippen LogP contribution in [0.15, 0.2) is 60.8 Å². The predicted octanol–water partition coefficient (Wildman–Crippen LogP) is 7.41. The number of hydrogen-bond donors (Lipinski definition) is 0. The summed E-state index contributed by atoms with van der Waals surface area (Å²) in [6.07, 6.45) is 1.80. The van der Waals surface area contributed by atoms with Gasteiger partial charge in [-0.05, 0) is 35.4 Å². The molecular formula is C22H31NO. The summed E-state index contributed by atoms with van der Waals surface area (Å²) in [5.41, 5.74) is 1.13. The standard InChI is InChI=1S/C16H13NO.3C2H6/c1-12-6-9-16(17-11-12)18-15-8-7-13-4-2-3-5-14(13)10-15;3*1-2/h2-11H,1H3;3*1-2H3. The Morgan fingerprint density at radius 2 is 1.33 bits per heavy atom. The van der Waals surface area contributed by atoms with Crippen LogP contribution in [0.25, 0.3) is 10.8 Å². The Morgan fingerprint density at radius 3 is 1.92 bits per heavy atom. The average molecular weight is 325 g/mol. The zero-order chi connectivity index (χ0) is 18.4. The molecule has 130 valence electrons. The van der Waals surface area contributed by atoms with Gasteiger partial charge in [-0.15, -0.1) is 0 Å². The van der Waals surface area contributed by atoms with Crippen molar-refractivity contribution in [2.24, 2.45) is 0 Å². The highest BCUT2D eigenvalue weighted by atomic mass is 16.5. The molecule has 2 nitrogen and oxygen atoms in total. The third-order valence-corrected chi connectivity index (χ3v) is 2.83. The SMILES string of the molecule is CC.CC.CC.Cc1ccc(Oc2ccc3ccccc3c2)nc1. The number of aromatic nitrogens is 1. The van der Waals surface area contributed by atoms with E-state index < -0.39 is 0 Å². The van der Waals surface area contributed by atoms with Gasteiger partial charge in [-0.25, -0.2) is 4.98 Å². The molecule has 3 rings (SSSR count). The van der Waals surface area contributed by atoms with E-state index in [1.807, 2.05) is 84.9 Å². The fourth-order valence-electron chi connectivity index (χ4n) is 1.87. The lowest BCUT2D eigenvalue weighted by Gasteiger charge is -2.06. The van der Waals surface area contributed by atoms with Crippen LogP contribution < -0.4 is 4.74 Å². The lowest BCUT2D eigenvalue weighted by Crippen LogP contribution is -1.87. The minimum absolute atomic E-state index is 0.621. The van der Waals surface area contributed by atoms with E-state index in [-0.39, 0.29) is 0 Å². The molecule has 0 aliphatic carbocycles. The molecule has 0 saturated carbocycles. The number of nitrogens with zero attached hydrogens (tertiary/aromatic N) is 1. The number of pyridine rings is 1. The molecule has 0 aliphatic rings. The molecule has 2 aromatic carbocycles. The molecule has 0 aliphatic heterocycles. The first-order valence-corrected chi connectivity index (χ1v) is 8.90. The third-order valence-electron chi connectivity index (χ3n) is 2.83. The Labute approximate surface area is 147 Å². The van der Waals surface area contributed by atoms with Crippen molar-refractivity contribution in [3.05, 3.63) is 66.4 Å². The van der Waals surface area contributed by atoms with Gasteiger partial charge in [-0.3, -0.25) is 0 Å². The summed E-state index contributed by atoms with van der Waals surface area (Å²) in [5.74, 6) is 1.43. The highest BCUT2D eigenvalue weighted by molar-refractivity contribution is 5.83. The van der Waals surface area contributed by atoms with Crippen LogP contribution in [0.2, 0.25) is 0 Å². The molecule has 1 aromatic heterocycles. The molecule has 0 fully saturated rings. The van der Waals surface area contributed by atoms with Gasteiger partial charge in [0, 0.05) is 12.3 Å². The van der Waals surface area contributed by atoms with Gasteiger partial charge in [0.15, 0.2) is 0 Å². The Balaban J connectivity index is 0.000000798. The highest BCUT2D eigenvalue weighted by Crippen LogP contribution is 2.24. The van der Waals surface area contributed by atoms with Crippen molar-refractivity contribution in [2.75, 3.05) is 0 Å². The van der Waals surface area contributed by atoms with E-state index in [4.69, 9.17) is 4.74 Å². The molecule has 24 heavy (non-hydrogen) atoms. The van der Waals surface area contributed by atoms with Crippen LogP contribution in [0.1, 0.15) is 47.1 Å². The maximum absolute atomic E-state index is 5.73. The summed E-state index contributed by atoms with van der Waals surface area (Å²) in [6, 6.07) is 18.1. The Morgan fingerprint density at radius 1 is 0.708 bits per heavy atom. The molecule has 0 saturated heterocycles. The fourth-order valence-corrected chi connectivity index (χ4v) is 1.87. The lowest BCUT2D eigenvalue weighted by molar-refractivity contribution is 0.463. The monoisotopic (exact) mass is 325 g/mol. The van der Waals surface area contributed by atoms with Crippen molar-refractivity contribution in [1.29, 1.82) is 0 Å². The number of benzene rings is 2. The second kappa shape index (κ2) is 13.1. The zero-order valence-electron chi connectivity index (χ0n) is 16.1. The molecule has 0 spiro atoms. The third kappa shape index (κ3) is 6.82. The van der Waals surface area contributed by atoms with Crippen LogP contribution in [-0.2, 0) is 0 Å². The van der Waals surface area contributed by atoms with E-state index in [2.05, 4.69) is 23.2 Å². The summed E-state index contributed by atoms with van der Waals surface area (Å²) in [4.78, 5) is 4.23. The quantitative estimate of drug-likeness (QED) is 0.489. The average Bonchev–Trinajstić information content (AvgIpc) is 2.68. The first kappa shape index (κ1) is 21.7. The maximum Gasteiger partial charge on any atom is 0.219 e. The highest BCUT2D eigenvalue weighted by Gasteiger charge is 1.99. The number of ether oxygens (including phenoxy) is 1. The smallest absolute Gasteiger partial charge is 0.219 e. The molecule has 0 radical (unpaired) electrons. The number of hydrogen-bond acceptors (Lipinski definition) is 2. The summed E-state index contributed by atoms with van der Waals surface area (Å²) in [6.45, 7) is 14.0. The van der Waals surface area contributed by atoms with E-state index >= 15 is 0 Å². The summed E-state index contributed by atoms with van der Waals surface area (Å²) >= 11 is 0. The molecule has 0 N–H and O–H groups in total. The summed E-state index contributed by atoms with van der Waals surface area (Å²) < 4.78 is 5.73. The molecule has 3 aromatic rings. The summed E-state index contributed by atoms with van der Waals surface area (Å²) in [7, 11) is 0. The second-order valence-corrected chi connectivity index (χ2v) is 4.28. The molecule has 0 atom stereocenters. The van der Waals surface area contributed by atoms with Gasteiger partial charge in [-0.1, -0.05) is 77.9 Å².